The first-order valence-corrected chi connectivity index (χ1v) is 10.9. The summed E-state index contributed by atoms with van der Waals surface area (Å²) in [6.45, 7) is 5.86. The Morgan fingerprint density at radius 2 is 1.97 bits per heavy atom. The molecular formula is C24H24FN7O2. The zero-order chi connectivity index (χ0) is 24.0. The highest BCUT2D eigenvalue weighted by Crippen LogP contribution is 2.37. The number of carbonyl (C=O) groups is 1. The number of amides is 1. The molecule has 5 rings (SSSR count). The van der Waals surface area contributed by atoms with E-state index in [0.29, 0.717) is 28.4 Å². The molecule has 1 aliphatic heterocycles. The summed E-state index contributed by atoms with van der Waals surface area (Å²) in [5.74, 6) is 0.182. The van der Waals surface area contributed by atoms with E-state index in [1.807, 2.05) is 38.1 Å². The van der Waals surface area contributed by atoms with E-state index < -0.39 is 18.0 Å². The van der Waals surface area contributed by atoms with Gasteiger partial charge in [-0.2, -0.15) is 9.61 Å². The van der Waals surface area contributed by atoms with Gasteiger partial charge in [0.15, 0.2) is 5.65 Å². The third kappa shape index (κ3) is 3.76. The number of benzene rings is 1. The van der Waals surface area contributed by atoms with E-state index in [1.165, 1.54) is 16.8 Å². The zero-order valence-corrected chi connectivity index (χ0v) is 19.0. The smallest absolute Gasteiger partial charge is 0.256 e. The number of rotatable bonds is 1. The second-order valence-corrected chi connectivity index (χ2v) is 8.43. The number of fused-ring (bicyclic) bond motifs is 2. The molecule has 34 heavy (non-hydrogen) atoms. The van der Waals surface area contributed by atoms with Gasteiger partial charge < -0.3 is 21.1 Å². The molecule has 4 N–H and O–H groups in total. The average molecular weight is 462 g/mol. The van der Waals surface area contributed by atoms with Crippen LogP contribution in [0.4, 0.5) is 16.0 Å². The molecule has 174 valence electrons. The molecule has 1 aromatic carbocycles. The number of ether oxygens (including phenoxy) is 1. The number of nitrogens with one attached hydrogen (secondary N) is 2. The maximum absolute atomic E-state index is 14.2. The van der Waals surface area contributed by atoms with Crippen LogP contribution in [0.15, 0.2) is 42.7 Å². The molecule has 4 heterocycles. The Bertz CT molecular complexity index is 1400. The van der Waals surface area contributed by atoms with Crippen molar-refractivity contribution in [1.29, 1.82) is 0 Å². The van der Waals surface area contributed by atoms with E-state index in [2.05, 4.69) is 20.7 Å². The van der Waals surface area contributed by atoms with Gasteiger partial charge in [-0.1, -0.05) is 29.8 Å². The number of anilines is 2. The van der Waals surface area contributed by atoms with Gasteiger partial charge in [0.2, 0.25) is 5.88 Å². The van der Waals surface area contributed by atoms with Gasteiger partial charge in [-0.15, -0.1) is 0 Å². The third-order valence-electron chi connectivity index (χ3n) is 5.80. The summed E-state index contributed by atoms with van der Waals surface area (Å²) in [5.41, 5.74) is 10.2. The van der Waals surface area contributed by atoms with Crippen molar-refractivity contribution >= 4 is 23.2 Å². The molecule has 0 fully saturated rings. The van der Waals surface area contributed by atoms with Crippen molar-refractivity contribution in [3.05, 3.63) is 65.2 Å². The van der Waals surface area contributed by atoms with Crippen molar-refractivity contribution in [3.63, 3.8) is 0 Å². The van der Waals surface area contributed by atoms with Crippen LogP contribution in [0.1, 0.15) is 41.4 Å². The largest absolute Gasteiger partial charge is 0.473 e. The molecule has 4 aromatic rings. The van der Waals surface area contributed by atoms with Crippen molar-refractivity contribution in [2.45, 2.75) is 32.9 Å². The summed E-state index contributed by atoms with van der Waals surface area (Å²) in [7, 11) is 0. The number of hydrogen-bond acceptors (Lipinski definition) is 7. The summed E-state index contributed by atoms with van der Waals surface area (Å²) in [5, 5.41) is 10.5. The van der Waals surface area contributed by atoms with Crippen LogP contribution in [0, 0.1) is 12.7 Å². The lowest BCUT2D eigenvalue weighted by Crippen LogP contribution is -2.34. The molecular weight excluding hydrogens is 437 g/mol. The topological polar surface area (TPSA) is 119 Å². The molecule has 0 aliphatic carbocycles. The normalized spacial score (nSPS) is 18.2. The molecule has 2 bridgehead atoms. The Hall–Kier alpha value is -4.21. The molecule has 3 aromatic heterocycles. The molecule has 1 amide bonds. The summed E-state index contributed by atoms with van der Waals surface area (Å²) >= 11 is 0. The highest BCUT2D eigenvalue weighted by Gasteiger charge is 2.25. The first kappa shape index (κ1) is 21.6. The average Bonchev–Trinajstić information content (AvgIpc) is 3.23. The standard InChI is InChI=1S/C24H24FN7O2/c1-12-4-6-15(7-5-12)19-20(26)32-22-18(11-29-32)23(33)27-9-13(2)34-24-17(8-16(25)10-28-24)14(3)30-21(19)31-22/h4-8,10-11,13-14H,9,26H2,1-3H3,(H,27,33)(H,30,31)/t13-,14+/m0/s1. The van der Waals surface area contributed by atoms with Gasteiger partial charge in [0.1, 0.15) is 29.1 Å². The second-order valence-electron chi connectivity index (χ2n) is 8.43. The van der Waals surface area contributed by atoms with Crippen LogP contribution < -0.4 is 21.1 Å². The van der Waals surface area contributed by atoms with Crippen molar-refractivity contribution in [2.75, 3.05) is 17.6 Å². The molecule has 2 atom stereocenters. The van der Waals surface area contributed by atoms with E-state index in [-0.39, 0.29) is 23.9 Å². The first-order valence-electron chi connectivity index (χ1n) is 10.9. The van der Waals surface area contributed by atoms with Crippen molar-refractivity contribution in [2.24, 2.45) is 0 Å². The molecule has 0 radical (unpaired) electrons. The number of nitrogens with two attached hydrogens (primary N) is 1. The van der Waals surface area contributed by atoms with Crippen LogP contribution in [0.3, 0.4) is 0 Å². The number of nitrogen functional groups attached to an aromatic ring is 1. The monoisotopic (exact) mass is 461 g/mol. The van der Waals surface area contributed by atoms with E-state index in [0.717, 1.165) is 17.3 Å². The fourth-order valence-corrected chi connectivity index (χ4v) is 3.98. The lowest BCUT2D eigenvalue weighted by Gasteiger charge is -2.22. The lowest BCUT2D eigenvalue weighted by molar-refractivity contribution is 0.0932. The van der Waals surface area contributed by atoms with Gasteiger partial charge in [-0.05, 0) is 32.4 Å². The van der Waals surface area contributed by atoms with Crippen molar-refractivity contribution in [3.8, 4) is 17.0 Å². The Balaban J connectivity index is 1.74. The fourth-order valence-electron chi connectivity index (χ4n) is 3.98. The third-order valence-corrected chi connectivity index (χ3v) is 5.80. The first-order chi connectivity index (χ1) is 16.3. The minimum Gasteiger partial charge on any atom is -0.473 e. The van der Waals surface area contributed by atoms with Crippen molar-refractivity contribution < 1.29 is 13.9 Å². The van der Waals surface area contributed by atoms with Gasteiger partial charge in [-0.3, -0.25) is 4.79 Å². The Kier molecular flexibility index (Phi) is 5.27. The SMILES string of the molecule is Cc1ccc(-c2c3nc4c(cnn4c2N)C(=O)NC[C@H](C)Oc2ncc(F)cc2[C@@H](C)N3)cc1. The van der Waals surface area contributed by atoms with Crippen LogP contribution in [-0.4, -0.2) is 38.1 Å². The van der Waals surface area contributed by atoms with E-state index >= 15 is 0 Å². The minimum atomic E-state index is -0.485. The lowest BCUT2D eigenvalue weighted by atomic mass is 10.0. The maximum Gasteiger partial charge on any atom is 0.256 e. The highest BCUT2D eigenvalue weighted by molar-refractivity contribution is 6.01. The minimum absolute atomic E-state index is 0.209. The van der Waals surface area contributed by atoms with Gasteiger partial charge in [0, 0.05) is 5.56 Å². The summed E-state index contributed by atoms with van der Waals surface area (Å²) in [6.07, 6.45) is 2.13. The van der Waals surface area contributed by atoms with Crippen LogP contribution in [-0.2, 0) is 0 Å². The molecule has 0 saturated carbocycles. The van der Waals surface area contributed by atoms with Gasteiger partial charge in [0.25, 0.3) is 5.91 Å². The number of halogens is 1. The maximum atomic E-state index is 14.2. The summed E-state index contributed by atoms with van der Waals surface area (Å²) < 4.78 is 21.6. The molecule has 10 heteroatoms. The predicted octanol–water partition coefficient (Wildman–Crippen LogP) is 3.50. The Labute approximate surface area is 195 Å². The quantitative estimate of drug-likeness (QED) is 0.397. The fraction of sp³-hybridized carbons (Fsp3) is 0.250. The Morgan fingerprint density at radius 3 is 2.74 bits per heavy atom. The van der Waals surface area contributed by atoms with E-state index in [4.69, 9.17) is 15.5 Å². The number of nitrogens with zero attached hydrogens (tertiary/aromatic N) is 4. The van der Waals surface area contributed by atoms with Gasteiger partial charge >= 0.3 is 0 Å². The summed E-state index contributed by atoms with van der Waals surface area (Å²) in [4.78, 5) is 21.8. The summed E-state index contributed by atoms with van der Waals surface area (Å²) in [6, 6.07) is 8.76. The number of carbonyl (C=O) groups excluding carboxylic acids is 1. The molecule has 1 aliphatic rings. The second kappa shape index (κ2) is 8.29. The molecule has 0 spiro atoms. The van der Waals surface area contributed by atoms with Gasteiger partial charge in [0.05, 0.1) is 30.5 Å². The molecule has 0 saturated heterocycles. The number of aryl methyl sites for hydroxylation is 1. The highest BCUT2D eigenvalue weighted by atomic mass is 19.1. The van der Waals surface area contributed by atoms with Crippen LogP contribution in [0.25, 0.3) is 16.8 Å². The van der Waals surface area contributed by atoms with Crippen LogP contribution in [0.2, 0.25) is 0 Å². The number of hydrogen-bond donors (Lipinski definition) is 3. The number of aromatic nitrogens is 4. The van der Waals surface area contributed by atoms with Gasteiger partial charge in [-0.25, -0.2) is 14.4 Å². The zero-order valence-electron chi connectivity index (χ0n) is 19.0. The van der Waals surface area contributed by atoms with Crippen LogP contribution in [0.5, 0.6) is 5.88 Å². The predicted molar refractivity (Wildman–Crippen MR) is 126 cm³/mol. The van der Waals surface area contributed by atoms with E-state index in [1.54, 1.807) is 6.92 Å². The van der Waals surface area contributed by atoms with Crippen molar-refractivity contribution in [1.82, 2.24) is 24.9 Å². The molecule has 9 nitrogen and oxygen atoms in total. The van der Waals surface area contributed by atoms with Crippen LogP contribution >= 0.6 is 0 Å². The van der Waals surface area contributed by atoms with E-state index in [9.17, 15) is 9.18 Å². The number of pyridine rings is 1. The Morgan fingerprint density at radius 1 is 1.21 bits per heavy atom. The molecule has 0 unspecified atom stereocenters.